The minimum atomic E-state index is -4.33. The maximum Gasteiger partial charge on any atom is 0.416 e. The molecule has 0 amide bonds. The second kappa shape index (κ2) is 3.60. The summed E-state index contributed by atoms with van der Waals surface area (Å²) in [5.74, 6) is 0. The molecule has 0 aliphatic heterocycles. The quantitative estimate of drug-likeness (QED) is 0.619. The molecular weight excluding hydrogens is 176 g/mol. The van der Waals surface area contributed by atoms with Crippen molar-refractivity contribution in [1.82, 2.24) is 0 Å². The highest BCUT2D eigenvalue weighted by Gasteiger charge is 2.42. The van der Waals surface area contributed by atoms with Crippen LogP contribution >= 0.6 is 0 Å². The van der Waals surface area contributed by atoms with Gasteiger partial charge in [0.15, 0.2) is 0 Å². The molecular formula is C7H12F4O. The fourth-order valence-electron chi connectivity index (χ4n) is 0.376. The molecule has 74 valence electrons. The Morgan fingerprint density at radius 2 is 1.58 bits per heavy atom. The molecule has 0 saturated heterocycles. The first kappa shape index (κ1) is 11.7. The standard InChI is InChI=1S/C7H12F4O/c1-6(2,3)4-12-7(10,11)5(8)9/h5H,4H2,1-3H3. The lowest BCUT2D eigenvalue weighted by Crippen LogP contribution is -2.33. The lowest BCUT2D eigenvalue weighted by molar-refractivity contribution is -0.307. The van der Waals surface area contributed by atoms with Crippen LogP contribution in [-0.4, -0.2) is 19.1 Å². The molecule has 12 heavy (non-hydrogen) atoms. The van der Waals surface area contributed by atoms with E-state index < -0.39 is 24.6 Å². The summed E-state index contributed by atoms with van der Waals surface area (Å²) >= 11 is 0. The molecule has 0 radical (unpaired) electrons. The van der Waals surface area contributed by atoms with E-state index in [0.717, 1.165) is 0 Å². The van der Waals surface area contributed by atoms with Gasteiger partial charge in [-0.25, -0.2) is 8.78 Å². The molecule has 0 N–H and O–H groups in total. The maximum atomic E-state index is 12.1. The molecule has 0 aromatic rings. The Labute approximate surface area is 68.7 Å². The van der Waals surface area contributed by atoms with E-state index in [1.54, 1.807) is 20.8 Å². The minimum Gasteiger partial charge on any atom is -0.315 e. The van der Waals surface area contributed by atoms with E-state index in [-0.39, 0.29) is 0 Å². The van der Waals surface area contributed by atoms with E-state index in [1.807, 2.05) is 0 Å². The van der Waals surface area contributed by atoms with Gasteiger partial charge in [0.1, 0.15) is 0 Å². The molecule has 0 aromatic carbocycles. The third kappa shape index (κ3) is 4.54. The average molecular weight is 188 g/mol. The second-order valence-electron chi connectivity index (χ2n) is 3.71. The van der Waals surface area contributed by atoms with Crippen LogP contribution in [0.1, 0.15) is 20.8 Å². The summed E-state index contributed by atoms with van der Waals surface area (Å²) in [5, 5.41) is 0. The first-order valence-corrected chi connectivity index (χ1v) is 3.45. The Bertz CT molecular complexity index is 139. The van der Waals surface area contributed by atoms with Crippen molar-refractivity contribution in [3.63, 3.8) is 0 Å². The third-order valence-corrected chi connectivity index (χ3v) is 0.952. The van der Waals surface area contributed by atoms with Gasteiger partial charge >= 0.3 is 12.5 Å². The lowest BCUT2D eigenvalue weighted by Gasteiger charge is -2.22. The monoisotopic (exact) mass is 188 g/mol. The molecule has 0 aliphatic rings. The number of hydrogen-bond donors (Lipinski definition) is 0. The minimum absolute atomic E-state index is 0.398. The Balaban J connectivity index is 3.93. The van der Waals surface area contributed by atoms with Gasteiger partial charge in [-0.1, -0.05) is 20.8 Å². The highest BCUT2D eigenvalue weighted by Crippen LogP contribution is 2.27. The Morgan fingerprint density at radius 3 is 1.83 bits per heavy atom. The van der Waals surface area contributed by atoms with Crippen molar-refractivity contribution in [3.8, 4) is 0 Å². The molecule has 0 unspecified atom stereocenters. The van der Waals surface area contributed by atoms with E-state index in [0.29, 0.717) is 0 Å². The normalized spacial score (nSPS) is 14.0. The molecule has 5 heteroatoms. The van der Waals surface area contributed by atoms with Crippen molar-refractivity contribution < 1.29 is 22.3 Å². The van der Waals surface area contributed by atoms with Crippen molar-refractivity contribution in [2.75, 3.05) is 6.61 Å². The van der Waals surface area contributed by atoms with Gasteiger partial charge in [-0.2, -0.15) is 8.78 Å². The topological polar surface area (TPSA) is 9.23 Å². The van der Waals surface area contributed by atoms with Crippen molar-refractivity contribution in [1.29, 1.82) is 0 Å². The van der Waals surface area contributed by atoms with Gasteiger partial charge in [0.25, 0.3) is 0 Å². The van der Waals surface area contributed by atoms with Crippen LogP contribution in [0, 0.1) is 5.41 Å². The van der Waals surface area contributed by atoms with Gasteiger partial charge in [-0.05, 0) is 5.41 Å². The van der Waals surface area contributed by atoms with Crippen LogP contribution in [0.4, 0.5) is 17.6 Å². The lowest BCUT2D eigenvalue weighted by atomic mass is 9.99. The molecule has 0 aliphatic carbocycles. The van der Waals surface area contributed by atoms with Gasteiger partial charge in [0, 0.05) is 0 Å². The van der Waals surface area contributed by atoms with Crippen molar-refractivity contribution in [2.45, 2.75) is 33.3 Å². The van der Waals surface area contributed by atoms with Gasteiger partial charge in [-0.15, -0.1) is 0 Å². The summed E-state index contributed by atoms with van der Waals surface area (Å²) in [7, 11) is 0. The van der Waals surface area contributed by atoms with Crippen LogP contribution in [0.2, 0.25) is 0 Å². The summed E-state index contributed by atoms with van der Waals surface area (Å²) < 4.78 is 51.0. The fraction of sp³-hybridized carbons (Fsp3) is 1.00. The zero-order valence-electron chi connectivity index (χ0n) is 7.20. The third-order valence-electron chi connectivity index (χ3n) is 0.952. The molecule has 0 aromatic heterocycles. The number of alkyl halides is 4. The molecule has 0 atom stereocenters. The Kier molecular flexibility index (Phi) is 3.50. The molecule has 0 heterocycles. The number of rotatable bonds is 3. The van der Waals surface area contributed by atoms with Gasteiger partial charge in [0.05, 0.1) is 6.61 Å². The summed E-state index contributed by atoms with van der Waals surface area (Å²) in [6.07, 6.45) is -8.09. The summed E-state index contributed by atoms with van der Waals surface area (Å²) in [6, 6.07) is 0. The molecule has 0 spiro atoms. The second-order valence-corrected chi connectivity index (χ2v) is 3.71. The molecule has 0 fully saturated rings. The van der Waals surface area contributed by atoms with Crippen LogP contribution in [0.25, 0.3) is 0 Å². The molecule has 1 nitrogen and oxygen atoms in total. The van der Waals surface area contributed by atoms with Crippen LogP contribution in [-0.2, 0) is 4.74 Å². The van der Waals surface area contributed by atoms with E-state index in [2.05, 4.69) is 4.74 Å². The first-order valence-electron chi connectivity index (χ1n) is 3.45. The first-order chi connectivity index (χ1) is 5.15. The smallest absolute Gasteiger partial charge is 0.315 e. The number of ether oxygens (including phenoxy) is 1. The van der Waals surface area contributed by atoms with Crippen LogP contribution in [0.3, 0.4) is 0 Å². The van der Waals surface area contributed by atoms with Crippen molar-refractivity contribution in [3.05, 3.63) is 0 Å². The van der Waals surface area contributed by atoms with Gasteiger partial charge < -0.3 is 4.74 Å². The van der Waals surface area contributed by atoms with E-state index >= 15 is 0 Å². The van der Waals surface area contributed by atoms with Crippen LogP contribution < -0.4 is 0 Å². The largest absolute Gasteiger partial charge is 0.416 e. The van der Waals surface area contributed by atoms with E-state index in [9.17, 15) is 17.6 Å². The van der Waals surface area contributed by atoms with E-state index in [1.165, 1.54) is 0 Å². The fourth-order valence-corrected chi connectivity index (χ4v) is 0.376. The Hall–Kier alpha value is -0.320. The van der Waals surface area contributed by atoms with Crippen molar-refractivity contribution in [2.24, 2.45) is 5.41 Å². The predicted molar refractivity (Wildman–Crippen MR) is 36.4 cm³/mol. The average Bonchev–Trinajstić information content (AvgIpc) is 1.82. The summed E-state index contributed by atoms with van der Waals surface area (Å²) in [5.41, 5.74) is -0.543. The predicted octanol–water partition coefficient (Wildman–Crippen LogP) is 2.91. The Morgan fingerprint density at radius 1 is 1.17 bits per heavy atom. The SMILES string of the molecule is CC(C)(C)COC(F)(F)C(F)F. The summed E-state index contributed by atoms with van der Waals surface area (Å²) in [6.45, 7) is 4.46. The zero-order valence-corrected chi connectivity index (χ0v) is 7.20. The maximum absolute atomic E-state index is 12.1. The summed E-state index contributed by atoms with van der Waals surface area (Å²) in [4.78, 5) is 0. The van der Waals surface area contributed by atoms with Gasteiger partial charge in [0.2, 0.25) is 0 Å². The highest BCUT2D eigenvalue weighted by atomic mass is 19.3. The molecule has 0 saturated carbocycles. The number of hydrogen-bond acceptors (Lipinski definition) is 1. The zero-order chi connectivity index (χ0) is 9.99. The van der Waals surface area contributed by atoms with E-state index in [4.69, 9.17) is 0 Å². The van der Waals surface area contributed by atoms with Crippen LogP contribution in [0.15, 0.2) is 0 Å². The molecule has 0 rings (SSSR count). The number of halogens is 4. The highest BCUT2D eigenvalue weighted by molar-refractivity contribution is 4.63. The van der Waals surface area contributed by atoms with Crippen molar-refractivity contribution >= 4 is 0 Å². The van der Waals surface area contributed by atoms with Crippen LogP contribution in [0.5, 0.6) is 0 Å². The van der Waals surface area contributed by atoms with Gasteiger partial charge in [-0.3, -0.25) is 0 Å². The molecule has 0 bridgehead atoms.